The largest absolute Gasteiger partial charge is 0.240 e. The molecule has 0 aliphatic carbocycles. The van der Waals surface area contributed by atoms with Crippen molar-refractivity contribution in [3.63, 3.8) is 0 Å². The Kier molecular flexibility index (Phi) is 3.74. The van der Waals surface area contributed by atoms with Gasteiger partial charge in [0.15, 0.2) is 5.16 Å². The molecule has 0 spiro atoms. The van der Waals surface area contributed by atoms with E-state index in [1.54, 1.807) is 18.3 Å². The summed E-state index contributed by atoms with van der Waals surface area (Å²) in [4.78, 5) is 8.85. The first-order chi connectivity index (χ1) is 11.8. The fraction of sp³-hybridized carbons (Fsp3) is 0.0556. The molecule has 0 N–H and O–H groups in total. The molecular weight excluding hydrogens is 323 g/mol. The van der Waals surface area contributed by atoms with Crippen LogP contribution in [0, 0.1) is 5.82 Å². The summed E-state index contributed by atoms with van der Waals surface area (Å²) < 4.78 is 15.1. The van der Waals surface area contributed by atoms with Crippen LogP contribution < -0.4 is 0 Å². The van der Waals surface area contributed by atoms with Crippen molar-refractivity contribution in [3.8, 4) is 22.5 Å². The first-order valence-electron chi connectivity index (χ1n) is 7.37. The maximum Gasteiger partial charge on any atom is 0.187 e. The quantitative estimate of drug-likeness (QED) is 0.413. The Balaban J connectivity index is 2.01. The summed E-state index contributed by atoms with van der Waals surface area (Å²) in [7, 11) is 0. The lowest BCUT2D eigenvalue weighted by Gasteiger charge is -2.04. The molecule has 0 aliphatic heterocycles. The number of pyridine rings is 1. The number of nitrogens with zero attached hydrogens (tertiary/aromatic N) is 4. The minimum Gasteiger partial charge on any atom is -0.240 e. The normalized spacial score (nSPS) is 11.1. The minimum atomic E-state index is -0.268. The Hall–Kier alpha value is -2.73. The molecule has 118 valence electrons. The lowest BCUT2D eigenvalue weighted by atomic mass is 10.0. The highest BCUT2D eigenvalue weighted by atomic mass is 32.2. The lowest BCUT2D eigenvalue weighted by molar-refractivity contribution is 0.628. The van der Waals surface area contributed by atoms with Gasteiger partial charge in [-0.3, -0.25) is 0 Å². The summed E-state index contributed by atoms with van der Waals surface area (Å²) in [6.07, 6.45) is 5.58. The van der Waals surface area contributed by atoms with Gasteiger partial charge < -0.3 is 0 Å². The average Bonchev–Trinajstić information content (AvgIpc) is 3.02. The molecule has 0 aliphatic rings. The van der Waals surface area contributed by atoms with Crippen LogP contribution in [-0.4, -0.2) is 25.8 Å². The number of hydrogen-bond acceptors (Lipinski definition) is 4. The third kappa shape index (κ3) is 2.55. The molecule has 1 aromatic carbocycles. The summed E-state index contributed by atoms with van der Waals surface area (Å²) in [5, 5.41) is 5.37. The predicted octanol–water partition coefficient (Wildman–Crippen LogP) is 4.32. The van der Waals surface area contributed by atoms with E-state index in [2.05, 4.69) is 15.1 Å². The van der Waals surface area contributed by atoms with E-state index in [0.717, 1.165) is 28.0 Å². The Bertz CT molecular complexity index is 1010. The summed E-state index contributed by atoms with van der Waals surface area (Å²) >= 11 is 1.49. The van der Waals surface area contributed by atoms with Gasteiger partial charge in [-0.15, -0.1) is 0 Å². The number of aromatic nitrogens is 4. The molecule has 0 unspecified atom stereocenters. The Morgan fingerprint density at radius 1 is 1.04 bits per heavy atom. The zero-order valence-electron chi connectivity index (χ0n) is 12.8. The highest BCUT2D eigenvalue weighted by molar-refractivity contribution is 7.98. The number of hydrogen-bond donors (Lipinski definition) is 0. The van der Waals surface area contributed by atoms with Gasteiger partial charge in [0.1, 0.15) is 11.5 Å². The molecular formula is C18H13FN4S. The van der Waals surface area contributed by atoms with Crippen molar-refractivity contribution in [1.82, 2.24) is 19.6 Å². The van der Waals surface area contributed by atoms with Crippen LogP contribution in [0.2, 0.25) is 0 Å². The molecule has 4 nitrogen and oxygen atoms in total. The van der Waals surface area contributed by atoms with Gasteiger partial charge in [0.25, 0.3) is 0 Å². The van der Waals surface area contributed by atoms with Crippen molar-refractivity contribution < 1.29 is 4.39 Å². The van der Waals surface area contributed by atoms with Crippen molar-refractivity contribution in [2.24, 2.45) is 0 Å². The first-order valence-corrected chi connectivity index (χ1v) is 8.59. The average molecular weight is 336 g/mol. The van der Waals surface area contributed by atoms with Crippen LogP contribution in [0.25, 0.3) is 28.0 Å². The molecule has 4 aromatic rings. The van der Waals surface area contributed by atoms with Crippen LogP contribution in [0.3, 0.4) is 0 Å². The van der Waals surface area contributed by atoms with Crippen LogP contribution in [0.5, 0.6) is 0 Å². The monoisotopic (exact) mass is 336 g/mol. The van der Waals surface area contributed by atoms with Gasteiger partial charge in [0.2, 0.25) is 0 Å². The fourth-order valence-electron chi connectivity index (χ4n) is 2.64. The molecule has 4 rings (SSSR count). The van der Waals surface area contributed by atoms with Gasteiger partial charge in [-0.1, -0.05) is 17.8 Å². The molecule has 24 heavy (non-hydrogen) atoms. The van der Waals surface area contributed by atoms with Crippen molar-refractivity contribution >= 4 is 17.3 Å². The summed E-state index contributed by atoms with van der Waals surface area (Å²) in [5.74, 6) is -0.268. The highest BCUT2D eigenvalue weighted by Gasteiger charge is 2.17. The van der Waals surface area contributed by atoms with Crippen LogP contribution in [0.1, 0.15) is 0 Å². The van der Waals surface area contributed by atoms with E-state index in [1.807, 2.05) is 41.2 Å². The molecule has 0 saturated heterocycles. The zero-order chi connectivity index (χ0) is 16.5. The molecule has 0 atom stereocenters. The van der Waals surface area contributed by atoms with Crippen molar-refractivity contribution in [2.45, 2.75) is 5.16 Å². The van der Waals surface area contributed by atoms with Crippen LogP contribution in [-0.2, 0) is 0 Å². The topological polar surface area (TPSA) is 43.1 Å². The first kappa shape index (κ1) is 14.8. The van der Waals surface area contributed by atoms with E-state index in [1.165, 1.54) is 23.9 Å². The maximum atomic E-state index is 13.3. The number of benzene rings is 1. The van der Waals surface area contributed by atoms with Gasteiger partial charge in [-0.05, 0) is 48.7 Å². The van der Waals surface area contributed by atoms with E-state index in [0.29, 0.717) is 5.16 Å². The Morgan fingerprint density at radius 2 is 1.88 bits per heavy atom. The number of thioether (sulfide) groups is 1. The van der Waals surface area contributed by atoms with Crippen LogP contribution >= 0.6 is 11.8 Å². The molecule has 0 radical (unpaired) electrons. The summed E-state index contributed by atoms with van der Waals surface area (Å²) in [6.45, 7) is 0. The van der Waals surface area contributed by atoms with Crippen molar-refractivity contribution in [2.75, 3.05) is 6.26 Å². The molecule has 0 fully saturated rings. The standard InChI is InChI=1S/C18H13FN4S/c1-24-18-20-10-9-14(21-18)16-15-4-2-3-11-23(15)22-17(16)12-5-7-13(19)8-6-12/h2-11H,1H3. The zero-order valence-corrected chi connectivity index (χ0v) is 13.7. The molecule has 3 heterocycles. The Labute approximate surface area is 142 Å². The Morgan fingerprint density at radius 3 is 2.67 bits per heavy atom. The molecule has 3 aromatic heterocycles. The SMILES string of the molecule is CSc1nccc(-c2c(-c3ccc(F)cc3)nn3ccccc23)n1. The van der Waals surface area contributed by atoms with E-state index < -0.39 is 0 Å². The van der Waals surface area contributed by atoms with Gasteiger partial charge in [0, 0.05) is 18.0 Å². The van der Waals surface area contributed by atoms with E-state index in [-0.39, 0.29) is 5.82 Å². The van der Waals surface area contributed by atoms with Gasteiger partial charge in [-0.2, -0.15) is 5.10 Å². The smallest absolute Gasteiger partial charge is 0.187 e. The number of halogens is 1. The fourth-order valence-corrected chi connectivity index (χ4v) is 3.00. The minimum absolute atomic E-state index is 0.268. The predicted molar refractivity (Wildman–Crippen MR) is 93.4 cm³/mol. The summed E-state index contributed by atoms with van der Waals surface area (Å²) in [5.41, 5.74) is 4.28. The highest BCUT2D eigenvalue weighted by Crippen LogP contribution is 2.34. The second kappa shape index (κ2) is 6.05. The van der Waals surface area contributed by atoms with Gasteiger partial charge in [-0.25, -0.2) is 18.9 Å². The third-order valence-corrected chi connectivity index (χ3v) is 4.29. The molecule has 0 bridgehead atoms. The molecule has 6 heteroatoms. The van der Waals surface area contributed by atoms with Crippen molar-refractivity contribution in [1.29, 1.82) is 0 Å². The summed E-state index contributed by atoms with van der Waals surface area (Å²) in [6, 6.07) is 14.1. The third-order valence-electron chi connectivity index (χ3n) is 3.73. The van der Waals surface area contributed by atoms with E-state index >= 15 is 0 Å². The van der Waals surface area contributed by atoms with E-state index in [9.17, 15) is 4.39 Å². The number of fused-ring (bicyclic) bond motifs is 1. The van der Waals surface area contributed by atoms with Crippen molar-refractivity contribution in [3.05, 3.63) is 66.7 Å². The molecule has 0 amide bonds. The second-order valence-corrected chi connectivity index (χ2v) is 5.96. The molecule has 0 saturated carbocycles. The van der Waals surface area contributed by atoms with Crippen LogP contribution in [0.15, 0.2) is 66.1 Å². The van der Waals surface area contributed by atoms with Crippen LogP contribution in [0.4, 0.5) is 4.39 Å². The van der Waals surface area contributed by atoms with Gasteiger partial charge in [0.05, 0.1) is 16.8 Å². The lowest BCUT2D eigenvalue weighted by Crippen LogP contribution is -1.90. The number of rotatable bonds is 3. The van der Waals surface area contributed by atoms with E-state index in [4.69, 9.17) is 0 Å². The maximum absolute atomic E-state index is 13.3. The van der Waals surface area contributed by atoms with Gasteiger partial charge >= 0.3 is 0 Å². The second-order valence-electron chi connectivity index (χ2n) is 5.19.